The van der Waals surface area contributed by atoms with Gasteiger partial charge in [0, 0.05) is 37.9 Å². The SMILES string of the molecule is CC1=C2C[C@H]3[C@@H](CC[C@@H]4CC(=O)CC[C@@]43C)[C@@H]2CC[C@@]2(C1)O[C@@H]1C[C@H](C)CN(CC[N+](C)(C)C)[C@H]1[C@H]2C. The molecule has 3 saturated carbocycles. The lowest BCUT2D eigenvalue weighted by molar-refractivity contribution is -0.869. The summed E-state index contributed by atoms with van der Waals surface area (Å²) in [5.74, 6) is 4.91. The van der Waals surface area contributed by atoms with Gasteiger partial charge >= 0.3 is 0 Å². The first-order chi connectivity index (χ1) is 17.4. The van der Waals surface area contributed by atoms with E-state index in [0.717, 1.165) is 53.8 Å². The molecule has 2 saturated heterocycles. The van der Waals surface area contributed by atoms with Gasteiger partial charge in [0.2, 0.25) is 0 Å². The van der Waals surface area contributed by atoms with Crippen molar-refractivity contribution in [3.63, 3.8) is 0 Å². The fraction of sp³-hybridized carbons (Fsp3) is 0.909. The summed E-state index contributed by atoms with van der Waals surface area (Å²) in [5.41, 5.74) is 3.93. The highest BCUT2D eigenvalue weighted by Crippen LogP contribution is 2.65. The molecule has 0 unspecified atom stereocenters. The zero-order valence-corrected chi connectivity index (χ0v) is 25.0. The van der Waals surface area contributed by atoms with Crippen LogP contribution in [0.15, 0.2) is 11.1 Å². The second-order valence-electron chi connectivity index (χ2n) is 16.0. The molecule has 0 N–H and O–H groups in total. The van der Waals surface area contributed by atoms with Gasteiger partial charge in [-0.05, 0) is 93.3 Å². The minimum Gasteiger partial charge on any atom is -0.369 e. The number of allylic oxidation sites excluding steroid dienone is 1. The third kappa shape index (κ3) is 4.40. The van der Waals surface area contributed by atoms with E-state index < -0.39 is 0 Å². The van der Waals surface area contributed by atoms with E-state index in [1.165, 1.54) is 58.2 Å². The van der Waals surface area contributed by atoms with Crippen molar-refractivity contribution in [2.45, 2.75) is 110 Å². The van der Waals surface area contributed by atoms with E-state index >= 15 is 0 Å². The molecule has 0 aromatic heterocycles. The third-order valence-corrected chi connectivity index (χ3v) is 12.7. The number of ketones is 1. The predicted molar refractivity (Wildman–Crippen MR) is 150 cm³/mol. The van der Waals surface area contributed by atoms with Gasteiger partial charge in [-0.1, -0.05) is 31.9 Å². The molecule has 0 aromatic carbocycles. The summed E-state index contributed by atoms with van der Waals surface area (Å²) in [7, 11) is 6.98. The Labute approximate surface area is 227 Å². The smallest absolute Gasteiger partial charge is 0.133 e. The van der Waals surface area contributed by atoms with E-state index in [1.54, 1.807) is 5.57 Å². The van der Waals surface area contributed by atoms with Crippen molar-refractivity contribution in [2.24, 2.45) is 40.9 Å². The minimum absolute atomic E-state index is 0.0313. The Balaban J connectivity index is 1.24. The first-order valence-electron chi connectivity index (χ1n) is 15.8. The van der Waals surface area contributed by atoms with E-state index in [4.69, 9.17) is 4.74 Å². The van der Waals surface area contributed by atoms with Crippen LogP contribution in [-0.4, -0.2) is 73.7 Å². The van der Waals surface area contributed by atoms with Gasteiger partial charge in [0.25, 0.3) is 0 Å². The van der Waals surface area contributed by atoms with E-state index in [1.807, 2.05) is 5.57 Å². The molecule has 10 atom stereocenters. The van der Waals surface area contributed by atoms with Crippen LogP contribution in [0.5, 0.6) is 0 Å². The number of likely N-dealkylation sites (tertiary alicyclic amines) is 1. The number of fused-ring (bicyclic) bond motifs is 6. The van der Waals surface area contributed by atoms with Crippen molar-refractivity contribution in [3.05, 3.63) is 11.1 Å². The van der Waals surface area contributed by atoms with E-state index in [0.29, 0.717) is 35.2 Å². The second kappa shape index (κ2) is 9.16. The van der Waals surface area contributed by atoms with Gasteiger partial charge < -0.3 is 9.22 Å². The largest absolute Gasteiger partial charge is 0.369 e. The summed E-state index contributed by atoms with van der Waals surface area (Å²) < 4.78 is 8.32. The predicted octanol–water partition coefficient (Wildman–Crippen LogP) is 6.10. The molecule has 0 bridgehead atoms. The number of nitrogens with zero attached hydrogens (tertiary/aromatic N) is 2. The molecule has 37 heavy (non-hydrogen) atoms. The number of ether oxygens (including phenoxy) is 1. The Bertz CT molecular complexity index is 950. The maximum absolute atomic E-state index is 12.3. The van der Waals surface area contributed by atoms with Crippen molar-refractivity contribution < 1.29 is 14.0 Å². The number of hydrogen-bond acceptors (Lipinski definition) is 3. The summed E-state index contributed by atoms with van der Waals surface area (Å²) in [6, 6.07) is 0.584. The van der Waals surface area contributed by atoms with Gasteiger partial charge in [-0.15, -0.1) is 0 Å². The molecule has 6 aliphatic rings. The Morgan fingerprint density at radius 1 is 1.08 bits per heavy atom. The van der Waals surface area contributed by atoms with Crippen molar-refractivity contribution in [2.75, 3.05) is 40.8 Å². The number of hydrogen-bond donors (Lipinski definition) is 0. The van der Waals surface area contributed by atoms with Gasteiger partial charge in [0.15, 0.2) is 0 Å². The average Bonchev–Trinajstić information content (AvgIpc) is 3.28. The van der Waals surface area contributed by atoms with Crippen LogP contribution in [0.25, 0.3) is 0 Å². The van der Waals surface area contributed by atoms with E-state index in [-0.39, 0.29) is 5.60 Å². The quantitative estimate of drug-likeness (QED) is 0.339. The van der Waals surface area contributed by atoms with Crippen LogP contribution in [-0.2, 0) is 9.53 Å². The van der Waals surface area contributed by atoms with Crippen molar-refractivity contribution in [3.8, 4) is 0 Å². The van der Waals surface area contributed by atoms with Crippen LogP contribution in [0, 0.1) is 40.9 Å². The van der Waals surface area contributed by atoms with Crippen LogP contribution in [0.2, 0.25) is 0 Å². The topological polar surface area (TPSA) is 29.5 Å². The average molecular weight is 512 g/mol. The molecule has 0 radical (unpaired) electrons. The monoisotopic (exact) mass is 511 g/mol. The zero-order valence-electron chi connectivity index (χ0n) is 25.0. The summed E-state index contributed by atoms with van der Waals surface area (Å²) in [5, 5.41) is 0. The van der Waals surface area contributed by atoms with Crippen molar-refractivity contribution in [1.29, 1.82) is 0 Å². The number of piperidine rings is 1. The number of quaternary nitrogens is 1. The van der Waals surface area contributed by atoms with Crippen molar-refractivity contribution >= 4 is 5.78 Å². The highest BCUT2D eigenvalue weighted by molar-refractivity contribution is 5.79. The van der Waals surface area contributed by atoms with Crippen LogP contribution < -0.4 is 0 Å². The molecule has 0 amide bonds. The Hall–Kier alpha value is -0.710. The summed E-state index contributed by atoms with van der Waals surface area (Å²) in [4.78, 5) is 15.1. The first kappa shape index (κ1) is 26.5. The molecule has 0 aromatic rings. The molecule has 6 rings (SSSR count). The van der Waals surface area contributed by atoms with Gasteiger partial charge in [-0.2, -0.15) is 0 Å². The maximum Gasteiger partial charge on any atom is 0.133 e. The number of Topliss-reactive ketones (excluding diaryl/α,β-unsaturated/α-hetero) is 1. The number of carbonyl (C=O) groups excluding carboxylic acids is 1. The molecule has 2 aliphatic heterocycles. The fourth-order valence-electron chi connectivity index (χ4n) is 10.7. The lowest BCUT2D eigenvalue weighted by Gasteiger charge is -2.52. The third-order valence-electron chi connectivity index (χ3n) is 12.7. The number of carbonyl (C=O) groups is 1. The van der Waals surface area contributed by atoms with Crippen LogP contribution >= 0.6 is 0 Å². The first-order valence-corrected chi connectivity index (χ1v) is 15.8. The molecule has 208 valence electrons. The Kier molecular flexibility index (Phi) is 6.57. The molecular weight excluding hydrogens is 456 g/mol. The van der Waals surface area contributed by atoms with Gasteiger partial charge in [-0.25, -0.2) is 0 Å². The molecule has 5 fully saturated rings. The number of likely N-dealkylation sites (N-methyl/N-ethyl adjacent to an activating group) is 1. The molecular formula is C33H55N2O2+. The maximum atomic E-state index is 12.3. The Morgan fingerprint density at radius 2 is 1.86 bits per heavy atom. The van der Waals surface area contributed by atoms with Crippen molar-refractivity contribution in [1.82, 2.24) is 4.90 Å². The molecule has 4 aliphatic carbocycles. The highest BCUT2D eigenvalue weighted by atomic mass is 16.5. The summed E-state index contributed by atoms with van der Waals surface area (Å²) in [6.07, 6.45) is 12.2. The van der Waals surface area contributed by atoms with Crippen LogP contribution in [0.3, 0.4) is 0 Å². The number of rotatable bonds is 3. The zero-order chi connectivity index (χ0) is 26.3. The molecule has 4 nitrogen and oxygen atoms in total. The van der Waals surface area contributed by atoms with Crippen LogP contribution in [0.1, 0.15) is 91.9 Å². The van der Waals surface area contributed by atoms with E-state index in [2.05, 4.69) is 53.7 Å². The van der Waals surface area contributed by atoms with Gasteiger partial charge in [0.05, 0.1) is 39.4 Å². The van der Waals surface area contributed by atoms with Gasteiger partial charge in [0.1, 0.15) is 5.78 Å². The molecule has 2 heterocycles. The minimum atomic E-state index is 0.0313. The Morgan fingerprint density at radius 3 is 2.62 bits per heavy atom. The van der Waals surface area contributed by atoms with Crippen LogP contribution in [0.4, 0.5) is 0 Å². The standard InChI is InChI=1S/C33H55N2O2/c1-21-16-30-31(34(20-21)14-15-35(5,6)7)23(3)33(37-30)13-11-26-27-9-8-24-17-25(36)10-12-32(24,4)29(27)18-28(26)22(2)19-33/h21,23-24,26-27,29-31H,8-20H2,1-7H3/q+1/t21-,23+,24+,26-,27-,29-,30+,31-,32-,33-/m0/s1. The second-order valence-corrected chi connectivity index (χ2v) is 16.0. The van der Waals surface area contributed by atoms with E-state index in [9.17, 15) is 4.79 Å². The highest BCUT2D eigenvalue weighted by Gasteiger charge is 2.60. The molecule has 1 spiro atoms. The fourth-order valence-corrected chi connectivity index (χ4v) is 10.7. The summed E-state index contributed by atoms with van der Waals surface area (Å²) in [6.45, 7) is 13.7. The lowest BCUT2D eigenvalue weighted by atomic mass is 9.52. The normalized spacial score (nSPS) is 48.5. The lowest BCUT2D eigenvalue weighted by Crippen LogP contribution is -2.54. The summed E-state index contributed by atoms with van der Waals surface area (Å²) >= 11 is 0. The van der Waals surface area contributed by atoms with Gasteiger partial charge in [-0.3, -0.25) is 9.69 Å². The molecule has 4 heteroatoms.